The Morgan fingerprint density at radius 1 is 0.382 bits per heavy atom. The highest BCUT2D eigenvalue weighted by molar-refractivity contribution is 7.47. The van der Waals surface area contributed by atoms with Crippen LogP contribution in [0.25, 0.3) is 0 Å². The van der Waals surface area contributed by atoms with E-state index in [1.165, 1.54) is 25.7 Å². The van der Waals surface area contributed by atoms with Crippen LogP contribution in [0.2, 0.25) is 0 Å². The van der Waals surface area contributed by atoms with Crippen LogP contribution >= 0.6 is 7.82 Å². The van der Waals surface area contributed by atoms with Gasteiger partial charge in [0.2, 0.25) is 0 Å². The summed E-state index contributed by atoms with van der Waals surface area (Å²) in [5, 5.41) is 9.83. The Morgan fingerprint density at radius 2 is 0.684 bits per heavy atom. The third kappa shape index (κ3) is 54.9. The van der Waals surface area contributed by atoms with Gasteiger partial charge in [0.05, 0.1) is 19.8 Å². The van der Waals surface area contributed by atoms with E-state index < -0.39 is 57.8 Å². The van der Waals surface area contributed by atoms with E-state index in [-0.39, 0.29) is 25.9 Å². The quantitative estimate of drug-likeness (QED) is 0.0197. The molecule has 0 saturated heterocycles. The van der Waals surface area contributed by atoms with Gasteiger partial charge in [-0.2, -0.15) is 0 Å². The maximum Gasteiger partial charge on any atom is 0.472 e. The van der Waals surface area contributed by atoms with Gasteiger partial charge in [0.25, 0.3) is 0 Å². The van der Waals surface area contributed by atoms with Crippen LogP contribution in [0.5, 0.6) is 0 Å². The molecule has 11 nitrogen and oxygen atoms in total. The van der Waals surface area contributed by atoms with Gasteiger partial charge in [-0.05, 0) is 122 Å². The third-order valence-electron chi connectivity index (χ3n) is 12.2. The lowest BCUT2D eigenvalue weighted by molar-refractivity contribution is -0.161. The molecule has 0 aromatic heterocycles. The summed E-state index contributed by atoms with van der Waals surface area (Å²) < 4.78 is 39.5. The van der Waals surface area contributed by atoms with Crippen LogP contribution in [-0.4, -0.2) is 66.5 Å². The molecule has 76 heavy (non-hydrogen) atoms. The third-order valence-corrected chi connectivity index (χ3v) is 13.1. The van der Waals surface area contributed by atoms with Crippen LogP contribution in [-0.2, 0) is 42.2 Å². The van der Waals surface area contributed by atoms with Crippen molar-refractivity contribution in [2.75, 3.05) is 26.4 Å². The topological polar surface area (TPSA) is 155 Å². The predicted octanol–water partition coefficient (Wildman–Crippen LogP) is 17.8. The molecule has 0 amide bonds. The summed E-state index contributed by atoms with van der Waals surface area (Å²) in [7, 11) is -4.77. The molecular formula is C64H107O11P. The van der Waals surface area contributed by atoms with Gasteiger partial charge in [0.15, 0.2) is 6.10 Å². The number of phosphoric ester groups is 1. The van der Waals surface area contributed by atoms with Crippen LogP contribution in [0.1, 0.15) is 239 Å². The van der Waals surface area contributed by atoms with E-state index in [4.69, 9.17) is 23.3 Å². The highest BCUT2D eigenvalue weighted by Gasteiger charge is 2.28. The number of phosphoric acid groups is 1. The molecule has 0 aliphatic heterocycles. The first kappa shape index (κ1) is 72.1. The van der Waals surface area contributed by atoms with Crippen molar-refractivity contribution in [3.8, 4) is 0 Å². The van der Waals surface area contributed by atoms with Crippen LogP contribution < -0.4 is 0 Å². The normalized spacial score (nSPS) is 14.1. The van der Waals surface area contributed by atoms with Gasteiger partial charge in [-0.3, -0.25) is 23.4 Å². The Morgan fingerprint density at radius 3 is 1.07 bits per heavy atom. The molecule has 0 bridgehead atoms. The SMILES string of the molecule is CC/C=C\C/C=C\C/C=C\C/C=C\CCCCCCCCC(=O)OC(COC(=O)CCCCCCC/C=C\CCCCCC)COP(=O)(O)OCC(CO)OC(=O)CCCCCC/C=C\C/C=C\C/C=C\C/C=C\CC. The van der Waals surface area contributed by atoms with Crippen molar-refractivity contribution in [3.63, 3.8) is 0 Å². The van der Waals surface area contributed by atoms with Crippen LogP contribution in [0, 0.1) is 0 Å². The lowest BCUT2D eigenvalue weighted by Gasteiger charge is -2.21. The van der Waals surface area contributed by atoms with Gasteiger partial charge >= 0.3 is 25.7 Å². The first-order chi connectivity index (χ1) is 37.2. The second-order valence-electron chi connectivity index (χ2n) is 19.4. The summed E-state index contributed by atoms with van der Waals surface area (Å²) in [4.78, 5) is 48.6. The molecule has 0 radical (unpaired) electrons. The summed E-state index contributed by atoms with van der Waals surface area (Å²) in [6.45, 7) is 4.35. The molecule has 0 rings (SSSR count). The molecule has 2 N–H and O–H groups in total. The molecule has 0 aromatic rings. The van der Waals surface area contributed by atoms with Crippen molar-refractivity contribution in [2.45, 2.75) is 251 Å². The first-order valence-corrected chi connectivity index (χ1v) is 31.3. The lowest BCUT2D eigenvalue weighted by atomic mass is 10.1. The number of carbonyl (C=O) groups is 3. The zero-order chi connectivity index (χ0) is 55.5. The molecule has 0 heterocycles. The van der Waals surface area contributed by atoms with Crippen LogP contribution in [0.4, 0.5) is 0 Å². The number of aliphatic hydroxyl groups excluding tert-OH is 1. The van der Waals surface area contributed by atoms with Crippen LogP contribution in [0.3, 0.4) is 0 Å². The standard InChI is InChI=1S/C64H107O11P/c1-4-7-10-13-16-19-22-25-27-29-30-32-34-37-40-43-46-49-52-55-64(68)75-61(57-71-62(66)53-50-47-44-41-38-35-24-21-18-15-12-9-6-3)59-73-76(69,70)72-58-60(56-65)74-63(67)54-51-48-45-42-39-36-33-31-28-26-23-20-17-14-11-8-5-2/h7-8,10-11,16-17,19-21,24-28,30,32-33,36,60-61,65H,4-6,9,12-15,18,22-23,29,31,34-35,37-59H2,1-3H3,(H,69,70)/b10-7-,11-8-,19-16-,20-17-,24-21-,27-25-,28-26-,32-30-,36-33-. The monoisotopic (exact) mass is 1080 g/mol. The van der Waals surface area contributed by atoms with Crippen molar-refractivity contribution in [3.05, 3.63) is 109 Å². The predicted molar refractivity (Wildman–Crippen MR) is 316 cm³/mol. The molecule has 12 heteroatoms. The zero-order valence-electron chi connectivity index (χ0n) is 47.9. The molecule has 0 fully saturated rings. The lowest BCUT2D eigenvalue weighted by Crippen LogP contribution is -2.30. The Kier molecular flexibility index (Phi) is 54.4. The van der Waals surface area contributed by atoms with Crippen LogP contribution in [0.15, 0.2) is 109 Å². The molecule has 0 aliphatic carbocycles. The number of allylic oxidation sites excluding steroid dienone is 18. The van der Waals surface area contributed by atoms with Crippen molar-refractivity contribution < 1.29 is 52.2 Å². The van der Waals surface area contributed by atoms with Crippen molar-refractivity contribution >= 4 is 25.7 Å². The Labute approximate surface area is 463 Å². The Bertz CT molecular complexity index is 1690. The number of hydrogen-bond acceptors (Lipinski definition) is 10. The fraction of sp³-hybridized carbons (Fsp3) is 0.672. The average molecular weight is 1080 g/mol. The minimum Gasteiger partial charge on any atom is -0.462 e. The minimum absolute atomic E-state index is 0.143. The molecule has 0 aromatic carbocycles. The second kappa shape index (κ2) is 57.3. The van der Waals surface area contributed by atoms with E-state index in [0.29, 0.717) is 19.3 Å². The summed E-state index contributed by atoms with van der Waals surface area (Å²) in [5.74, 6) is -1.52. The number of esters is 3. The fourth-order valence-corrected chi connectivity index (χ4v) is 8.47. The smallest absolute Gasteiger partial charge is 0.462 e. The van der Waals surface area contributed by atoms with Gasteiger partial charge in [-0.1, -0.05) is 207 Å². The van der Waals surface area contributed by atoms with Gasteiger partial charge in [-0.15, -0.1) is 0 Å². The summed E-state index contributed by atoms with van der Waals surface area (Å²) in [6.07, 6.45) is 68.9. The van der Waals surface area contributed by atoms with E-state index in [0.717, 1.165) is 154 Å². The molecule has 0 saturated carbocycles. The van der Waals surface area contributed by atoms with E-state index in [9.17, 15) is 28.9 Å². The van der Waals surface area contributed by atoms with E-state index >= 15 is 0 Å². The second-order valence-corrected chi connectivity index (χ2v) is 20.8. The zero-order valence-corrected chi connectivity index (χ0v) is 48.8. The maximum absolute atomic E-state index is 12.9. The average Bonchev–Trinajstić information content (AvgIpc) is 3.41. The minimum atomic E-state index is -4.77. The molecule has 0 aliphatic rings. The van der Waals surface area contributed by atoms with E-state index in [2.05, 4.69) is 130 Å². The van der Waals surface area contributed by atoms with Gasteiger partial charge < -0.3 is 24.2 Å². The van der Waals surface area contributed by atoms with Crippen molar-refractivity contribution in [1.29, 1.82) is 0 Å². The van der Waals surface area contributed by atoms with Gasteiger partial charge in [0, 0.05) is 19.3 Å². The number of unbranched alkanes of at least 4 members (excludes halogenated alkanes) is 19. The number of rotatable bonds is 54. The molecule has 3 atom stereocenters. The number of carbonyl (C=O) groups excluding carboxylic acids is 3. The Hall–Kier alpha value is -3.86. The molecule has 434 valence electrons. The Balaban J connectivity index is 4.77. The summed E-state index contributed by atoms with van der Waals surface area (Å²) in [5.41, 5.74) is 0. The number of ether oxygens (including phenoxy) is 3. The van der Waals surface area contributed by atoms with Crippen molar-refractivity contribution in [1.82, 2.24) is 0 Å². The molecule has 3 unspecified atom stereocenters. The molecule has 0 spiro atoms. The number of hydrogen-bond donors (Lipinski definition) is 2. The summed E-state index contributed by atoms with van der Waals surface area (Å²) >= 11 is 0. The van der Waals surface area contributed by atoms with Gasteiger partial charge in [0.1, 0.15) is 12.7 Å². The highest BCUT2D eigenvalue weighted by Crippen LogP contribution is 2.43. The summed E-state index contributed by atoms with van der Waals surface area (Å²) in [6, 6.07) is 0. The fourth-order valence-electron chi connectivity index (χ4n) is 7.69. The van der Waals surface area contributed by atoms with E-state index in [1.54, 1.807) is 0 Å². The first-order valence-electron chi connectivity index (χ1n) is 29.8. The maximum atomic E-state index is 12.9. The molecular weight excluding hydrogens is 976 g/mol. The van der Waals surface area contributed by atoms with Crippen molar-refractivity contribution in [2.24, 2.45) is 0 Å². The highest BCUT2D eigenvalue weighted by atomic mass is 31.2. The van der Waals surface area contributed by atoms with Gasteiger partial charge in [-0.25, -0.2) is 4.57 Å². The number of aliphatic hydroxyl groups is 1. The van der Waals surface area contributed by atoms with E-state index in [1.807, 2.05) is 0 Å². The largest absolute Gasteiger partial charge is 0.472 e.